The van der Waals surface area contributed by atoms with Gasteiger partial charge in [0.1, 0.15) is 0 Å². The Morgan fingerprint density at radius 3 is 2.45 bits per heavy atom. The van der Waals surface area contributed by atoms with Crippen LogP contribution in [0.5, 0.6) is 0 Å². The predicted octanol–water partition coefficient (Wildman–Crippen LogP) is 1.88. The molecule has 7 heteroatoms. The summed E-state index contributed by atoms with van der Waals surface area (Å²) in [4.78, 5) is 19.2. The Bertz CT molecular complexity index is 627. The molecular formula is C15H22N2O4S. The monoisotopic (exact) mass is 326 g/mol. The molecule has 1 heterocycles. The molecule has 1 fully saturated rings. The van der Waals surface area contributed by atoms with Crippen LogP contribution in [0.1, 0.15) is 36.5 Å². The summed E-state index contributed by atoms with van der Waals surface area (Å²) in [6, 6.07) is 6.21. The van der Waals surface area contributed by atoms with Crippen LogP contribution >= 0.6 is 0 Å². The Balaban J connectivity index is 2.20. The second kappa shape index (κ2) is 6.76. The first-order valence-corrected chi connectivity index (χ1v) is 8.76. The van der Waals surface area contributed by atoms with E-state index in [0.717, 1.165) is 30.3 Å². The van der Waals surface area contributed by atoms with E-state index >= 15 is 0 Å². The van der Waals surface area contributed by atoms with E-state index in [4.69, 9.17) is 4.84 Å². The highest BCUT2D eigenvalue weighted by atomic mass is 32.2. The highest BCUT2D eigenvalue weighted by Crippen LogP contribution is 2.21. The summed E-state index contributed by atoms with van der Waals surface area (Å²) in [5.74, 6) is -0.0451. The lowest BCUT2D eigenvalue weighted by molar-refractivity contribution is -0.0258. The molecule has 0 aliphatic carbocycles. The second-order valence-corrected chi connectivity index (χ2v) is 7.40. The first-order chi connectivity index (χ1) is 10.4. The van der Waals surface area contributed by atoms with Crippen molar-refractivity contribution in [2.24, 2.45) is 0 Å². The first-order valence-electron chi connectivity index (χ1n) is 7.32. The minimum Gasteiger partial charge on any atom is -0.336 e. The highest BCUT2D eigenvalue weighted by Gasteiger charge is 2.25. The SMILES string of the molecule is CON(C)S(=O)(=O)c1ccc(C(=O)N2CCCCC2C)cc1. The van der Waals surface area contributed by atoms with E-state index in [9.17, 15) is 13.2 Å². The van der Waals surface area contributed by atoms with Gasteiger partial charge in [-0.25, -0.2) is 8.42 Å². The third-order valence-electron chi connectivity index (χ3n) is 4.06. The number of sulfonamides is 1. The van der Waals surface area contributed by atoms with Gasteiger partial charge in [-0.05, 0) is 50.5 Å². The van der Waals surface area contributed by atoms with Crippen LogP contribution in [-0.2, 0) is 14.9 Å². The maximum absolute atomic E-state index is 12.5. The third kappa shape index (κ3) is 3.31. The largest absolute Gasteiger partial charge is 0.336 e. The zero-order chi connectivity index (χ0) is 16.3. The van der Waals surface area contributed by atoms with Crippen molar-refractivity contribution in [3.05, 3.63) is 29.8 Å². The lowest BCUT2D eigenvalue weighted by Crippen LogP contribution is -2.42. The number of benzene rings is 1. The first kappa shape index (κ1) is 16.9. The van der Waals surface area contributed by atoms with E-state index in [2.05, 4.69) is 0 Å². The van der Waals surface area contributed by atoms with Gasteiger partial charge in [-0.1, -0.05) is 4.47 Å². The number of carbonyl (C=O) groups excluding carboxylic acids is 1. The van der Waals surface area contributed by atoms with Crippen LogP contribution in [0.2, 0.25) is 0 Å². The van der Waals surface area contributed by atoms with Gasteiger partial charge in [0.25, 0.3) is 15.9 Å². The molecule has 1 aliphatic heterocycles. The topological polar surface area (TPSA) is 66.9 Å². The minimum atomic E-state index is -3.68. The third-order valence-corrected chi connectivity index (χ3v) is 5.75. The van der Waals surface area contributed by atoms with Crippen LogP contribution in [0.15, 0.2) is 29.2 Å². The number of carbonyl (C=O) groups is 1. The molecule has 1 aromatic carbocycles. The van der Waals surface area contributed by atoms with Gasteiger partial charge in [-0.3, -0.25) is 9.63 Å². The van der Waals surface area contributed by atoms with Gasteiger partial charge in [-0.15, -0.1) is 0 Å². The average molecular weight is 326 g/mol. The van der Waals surface area contributed by atoms with E-state index in [0.29, 0.717) is 5.56 Å². The van der Waals surface area contributed by atoms with Gasteiger partial charge >= 0.3 is 0 Å². The van der Waals surface area contributed by atoms with Gasteiger partial charge in [0.15, 0.2) is 0 Å². The normalized spacial score (nSPS) is 19.5. The molecule has 0 aromatic heterocycles. The van der Waals surface area contributed by atoms with Crippen LogP contribution in [0, 0.1) is 0 Å². The van der Waals surface area contributed by atoms with Crippen LogP contribution in [0.3, 0.4) is 0 Å². The number of nitrogens with zero attached hydrogens (tertiary/aromatic N) is 2. The number of hydrogen-bond acceptors (Lipinski definition) is 4. The van der Waals surface area contributed by atoms with Crippen molar-refractivity contribution in [1.82, 2.24) is 9.37 Å². The Hall–Kier alpha value is -1.44. The van der Waals surface area contributed by atoms with Crippen LogP contribution in [0.25, 0.3) is 0 Å². The molecule has 1 aliphatic rings. The van der Waals surface area contributed by atoms with Crippen molar-refractivity contribution in [2.45, 2.75) is 37.1 Å². The Morgan fingerprint density at radius 2 is 1.91 bits per heavy atom. The molecule has 0 N–H and O–H groups in total. The number of likely N-dealkylation sites (tertiary alicyclic amines) is 1. The summed E-state index contributed by atoms with van der Waals surface area (Å²) in [5.41, 5.74) is 0.507. The quantitative estimate of drug-likeness (QED) is 0.793. The molecule has 6 nitrogen and oxygen atoms in total. The maximum Gasteiger partial charge on any atom is 0.264 e. The Labute approximate surface area is 131 Å². The average Bonchev–Trinajstić information content (AvgIpc) is 2.54. The molecule has 0 radical (unpaired) electrons. The molecule has 0 saturated carbocycles. The number of hydrogen-bond donors (Lipinski definition) is 0. The zero-order valence-electron chi connectivity index (χ0n) is 13.2. The molecule has 1 amide bonds. The summed E-state index contributed by atoms with van der Waals surface area (Å²) in [6.07, 6.45) is 3.17. The Morgan fingerprint density at radius 1 is 1.27 bits per heavy atom. The summed E-state index contributed by atoms with van der Waals surface area (Å²) < 4.78 is 25.0. The van der Waals surface area contributed by atoms with Crippen molar-refractivity contribution in [3.63, 3.8) is 0 Å². The lowest BCUT2D eigenvalue weighted by atomic mass is 10.0. The molecule has 1 unspecified atom stereocenters. The van der Waals surface area contributed by atoms with Crippen molar-refractivity contribution >= 4 is 15.9 Å². The molecule has 1 aromatic rings. The number of piperidine rings is 1. The van der Waals surface area contributed by atoms with Gasteiger partial charge in [0.2, 0.25) is 0 Å². The predicted molar refractivity (Wildman–Crippen MR) is 82.7 cm³/mol. The minimum absolute atomic E-state index is 0.0451. The molecule has 22 heavy (non-hydrogen) atoms. The number of rotatable bonds is 4. The van der Waals surface area contributed by atoms with Crippen molar-refractivity contribution in [1.29, 1.82) is 0 Å². The standard InChI is InChI=1S/C15H22N2O4S/c1-12-6-4-5-11-17(12)15(18)13-7-9-14(10-8-13)22(19,20)16(2)21-3/h7-10,12H,4-6,11H2,1-3H3. The van der Waals surface area contributed by atoms with E-state index in [-0.39, 0.29) is 16.8 Å². The lowest BCUT2D eigenvalue weighted by Gasteiger charge is -2.33. The summed E-state index contributed by atoms with van der Waals surface area (Å²) in [6.45, 7) is 2.80. The number of hydroxylamine groups is 1. The maximum atomic E-state index is 12.5. The zero-order valence-corrected chi connectivity index (χ0v) is 14.0. The van der Waals surface area contributed by atoms with E-state index < -0.39 is 10.0 Å². The van der Waals surface area contributed by atoms with Crippen LogP contribution in [-0.4, -0.2) is 50.4 Å². The molecule has 1 saturated heterocycles. The molecule has 0 spiro atoms. The fourth-order valence-corrected chi connectivity index (χ4v) is 3.55. The number of amides is 1. The fraction of sp³-hybridized carbons (Fsp3) is 0.533. The summed E-state index contributed by atoms with van der Waals surface area (Å²) >= 11 is 0. The molecular weight excluding hydrogens is 304 g/mol. The molecule has 122 valence electrons. The van der Waals surface area contributed by atoms with Crippen LogP contribution in [0.4, 0.5) is 0 Å². The highest BCUT2D eigenvalue weighted by molar-refractivity contribution is 7.89. The van der Waals surface area contributed by atoms with Gasteiger partial charge < -0.3 is 4.90 Å². The van der Waals surface area contributed by atoms with Crippen LogP contribution < -0.4 is 0 Å². The summed E-state index contributed by atoms with van der Waals surface area (Å²) in [5, 5.41) is 0. The van der Waals surface area contributed by atoms with Crippen molar-refractivity contribution in [3.8, 4) is 0 Å². The molecule has 1 atom stereocenters. The van der Waals surface area contributed by atoms with Gasteiger partial charge in [-0.2, -0.15) is 0 Å². The summed E-state index contributed by atoms with van der Waals surface area (Å²) in [7, 11) is -1.07. The van der Waals surface area contributed by atoms with E-state index in [1.54, 1.807) is 12.1 Å². The van der Waals surface area contributed by atoms with Crippen molar-refractivity contribution < 1.29 is 18.0 Å². The second-order valence-electron chi connectivity index (χ2n) is 5.47. The molecule has 0 bridgehead atoms. The Kier molecular flexibility index (Phi) is 5.20. The smallest absolute Gasteiger partial charge is 0.264 e. The fourth-order valence-electron chi connectivity index (χ4n) is 2.58. The van der Waals surface area contributed by atoms with E-state index in [1.807, 2.05) is 11.8 Å². The molecule has 2 rings (SSSR count). The van der Waals surface area contributed by atoms with E-state index in [1.165, 1.54) is 26.3 Å². The van der Waals surface area contributed by atoms with Crippen molar-refractivity contribution in [2.75, 3.05) is 20.7 Å². The van der Waals surface area contributed by atoms with Gasteiger partial charge in [0, 0.05) is 25.2 Å². The van der Waals surface area contributed by atoms with Gasteiger partial charge in [0.05, 0.1) is 12.0 Å².